The van der Waals surface area contributed by atoms with Crippen LogP contribution < -0.4 is 4.90 Å². The van der Waals surface area contributed by atoms with Gasteiger partial charge in [-0.15, -0.1) is 11.3 Å². The summed E-state index contributed by atoms with van der Waals surface area (Å²) in [6.07, 6.45) is 3.41. The fourth-order valence-corrected chi connectivity index (χ4v) is 9.76. The molecule has 0 bridgehead atoms. The molecule has 0 saturated heterocycles. The highest BCUT2D eigenvalue weighted by Gasteiger charge is 2.40. The Hall–Kier alpha value is -6.16. The molecule has 0 radical (unpaired) electrons. The molecule has 51 heavy (non-hydrogen) atoms. The molecule has 0 fully saturated rings. The summed E-state index contributed by atoms with van der Waals surface area (Å²) in [6, 6.07) is 62.4. The predicted octanol–water partition coefficient (Wildman–Crippen LogP) is 12.9. The Bertz CT molecular complexity index is 2820. The van der Waals surface area contributed by atoms with E-state index in [4.69, 9.17) is 0 Å². The summed E-state index contributed by atoms with van der Waals surface area (Å²) < 4.78 is 5.21. The first kappa shape index (κ1) is 28.7. The average Bonchev–Trinajstić information content (AvgIpc) is 3.85. The number of hydrogen-bond donors (Lipinski definition) is 0. The summed E-state index contributed by atoms with van der Waals surface area (Å²) in [7, 11) is 0. The molecule has 3 heteroatoms. The van der Waals surface area contributed by atoms with E-state index in [9.17, 15) is 0 Å². The zero-order chi connectivity index (χ0) is 33.5. The number of rotatable bonds is 4. The summed E-state index contributed by atoms with van der Waals surface area (Å²) in [5.41, 5.74) is 15.4. The van der Waals surface area contributed by atoms with Crippen molar-refractivity contribution in [1.82, 2.24) is 4.57 Å². The predicted molar refractivity (Wildman–Crippen MR) is 217 cm³/mol. The molecule has 1 aliphatic carbocycles. The molecule has 1 unspecified atom stereocenters. The molecule has 1 aliphatic heterocycles. The fourth-order valence-electron chi connectivity index (χ4n) is 8.65. The van der Waals surface area contributed by atoms with Crippen LogP contribution in [0, 0.1) is 0 Å². The molecule has 0 spiro atoms. The fraction of sp³-hybridized carbons (Fsp3) is 0.0417. The Kier molecular flexibility index (Phi) is 6.28. The van der Waals surface area contributed by atoms with Gasteiger partial charge in [-0.3, -0.25) is 0 Å². The van der Waals surface area contributed by atoms with Crippen LogP contribution in [0.15, 0.2) is 170 Å². The van der Waals surface area contributed by atoms with Gasteiger partial charge in [0.2, 0.25) is 0 Å². The third-order valence-electron chi connectivity index (χ3n) is 10.9. The smallest absolute Gasteiger partial charge is 0.0653 e. The normalized spacial score (nSPS) is 14.9. The van der Waals surface area contributed by atoms with E-state index in [1.54, 1.807) is 0 Å². The van der Waals surface area contributed by atoms with Gasteiger partial charge in [0.05, 0.1) is 17.2 Å². The Balaban J connectivity index is 1.09. The number of nitrogens with zero attached hydrogens (tertiary/aromatic N) is 2. The van der Waals surface area contributed by atoms with Crippen molar-refractivity contribution in [3.05, 3.63) is 187 Å². The summed E-state index contributed by atoms with van der Waals surface area (Å²) in [6.45, 7) is 0. The van der Waals surface area contributed by atoms with Crippen LogP contribution in [-0.2, 0) is 6.42 Å². The van der Waals surface area contributed by atoms with Crippen LogP contribution in [0.5, 0.6) is 0 Å². The third-order valence-corrected chi connectivity index (χ3v) is 12.0. The second-order valence-corrected chi connectivity index (χ2v) is 14.7. The van der Waals surface area contributed by atoms with E-state index < -0.39 is 0 Å². The van der Waals surface area contributed by atoms with Gasteiger partial charge in [0.15, 0.2) is 0 Å². The van der Waals surface area contributed by atoms with Crippen molar-refractivity contribution < 1.29 is 0 Å². The second-order valence-electron chi connectivity index (χ2n) is 13.7. The van der Waals surface area contributed by atoms with E-state index in [2.05, 4.69) is 185 Å². The molecule has 240 valence electrons. The van der Waals surface area contributed by atoms with Crippen molar-refractivity contribution >= 4 is 65.4 Å². The molecular weight excluding hydrogens is 637 g/mol. The van der Waals surface area contributed by atoms with E-state index in [0.29, 0.717) is 0 Å². The first-order chi connectivity index (χ1) is 25.3. The molecular formula is C48H32N2S. The topological polar surface area (TPSA) is 8.17 Å². The van der Waals surface area contributed by atoms with Crippen molar-refractivity contribution in [2.75, 3.05) is 4.90 Å². The van der Waals surface area contributed by atoms with E-state index in [1.165, 1.54) is 92.8 Å². The molecule has 0 saturated carbocycles. The lowest BCUT2D eigenvalue weighted by molar-refractivity contribution is 0.772. The van der Waals surface area contributed by atoms with Gasteiger partial charge in [0, 0.05) is 60.2 Å². The summed E-state index contributed by atoms with van der Waals surface area (Å²) in [4.78, 5) is 2.64. The Morgan fingerprint density at radius 2 is 1.16 bits per heavy atom. The maximum atomic E-state index is 2.64. The lowest BCUT2D eigenvalue weighted by atomic mass is 9.89. The lowest BCUT2D eigenvalue weighted by Gasteiger charge is -2.31. The van der Waals surface area contributed by atoms with Crippen LogP contribution in [0.2, 0.25) is 0 Å². The summed E-state index contributed by atoms with van der Waals surface area (Å²) in [5.74, 6) is 0. The lowest BCUT2D eigenvalue weighted by Crippen LogP contribution is -2.31. The van der Waals surface area contributed by atoms with E-state index in [-0.39, 0.29) is 6.04 Å². The number of fused-ring (bicyclic) bond motifs is 10. The second kappa shape index (κ2) is 11.2. The number of hydrogen-bond acceptors (Lipinski definition) is 2. The molecule has 1 atom stereocenters. The van der Waals surface area contributed by atoms with Crippen LogP contribution in [0.1, 0.15) is 16.8 Å². The van der Waals surface area contributed by atoms with E-state index in [0.717, 1.165) is 6.42 Å². The van der Waals surface area contributed by atoms with Gasteiger partial charge in [0.1, 0.15) is 0 Å². The maximum absolute atomic E-state index is 2.64. The number of thiophene rings is 1. The molecule has 2 aliphatic rings. The first-order valence-electron chi connectivity index (χ1n) is 17.7. The first-order valence-corrected chi connectivity index (χ1v) is 18.5. The average molecular weight is 669 g/mol. The molecule has 2 nitrogen and oxygen atoms in total. The van der Waals surface area contributed by atoms with Crippen LogP contribution >= 0.6 is 11.3 Å². The van der Waals surface area contributed by atoms with Gasteiger partial charge in [-0.2, -0.15) is 0 Å². The summed E-state index contributed by atoms with van der Waals surface area (Å²) in [5, 5.41) is 4.02. The third kappa shape index (κ3) is 4.35. The molecule has 0 amide bonds. The maximum Gasteiger partial charge on any atom is 0.0653 e. The Morgan fingerprint density at radius 1 is 0.510 bits per heavy atom. The quantitative estimate of drug-likeness (QED) is 0.181. The van der Waals surface area contributed by atoms with Crippen LogP contribution in [0.4, 0.5) is 11.4 Å². The Morgan fingerprint density at radius 3 is 1.98 bits per heavy atom. The molecule has 9 aromatic rings. The van der Waals surface area contributed by atoms with Crippen molar-refractivity contribution in [3.8, 4) is 27.9 Å². The van der Waals surface area contributed by atoms with Gasteiger partial charge >= 0.3 is 0 Å². The molecule has 11 rings (SSSR count). The summed E-state index contributed by atoms with van der Waals surface area (Å²) >= 11 is 1.90. The zero-order valence-corrected chi connectivity index (χ0v) is 28.6. The minimum Gasteiger partial charge on any atom is -0.332 e. The van der Waals surface area contributed by atoms with E-state index in [1.807, 2.05) is 11.3 Å². The van der Waals surface area contributed by atoms with Gasteiger partial charge in [-0.05, 0) is 76.4 Å². The van der Waals surface area contributed by atoms with Crippen LogP contribution in [0.25, 0.3) is 70.7 Å². The highest BCUT2D eigenvalue weighted by atomic mass is 32.1. The highest BCUT2D eigenvalue weighted by molar-refractivity contribution is 7.26. The van der Waals surface area contributed by atoms with Gasteiger partial charge < -0.3 is 9.47 Å². The van der Waals surface area contributed by atoms with Crippen molar-refractivity contribution in [2.24, 2.45) is 0 Å². The minimum absolute atomic E-state index is 0.177. The largest absolute Gasteiger partial charge is 0.332 e. The standard InChI is InChI=1S/C48H32N2S/c1-3-12-31(13-4-1)32-22-24-33(25-23-32)34-14-11-17-36(28-34)49-42-20-9-7-18-37(42)40-29-41-38-26-27-46-47(39-19-8-10-21-45(39)51-46)48(38)50(44(41)30-43(40)49)35-15-5-2-6-16-35/h1-29,44H,30H2. The van der Waals surface area contributed by atoms with Gasteiger partial charge in [-0.25, -0.2) is 0 Å². The monoisotopic (exact) mass is 668 g/mol. The number of para-hydroxylation sites is 2. The number of aromatic nitrogens is 1. The Labute approximate surface area is 300 Å². The van der Waals surface area contributed by atoms with E-state index >= 15 is 0 Å². The van der Waals surface area contributed by atoms with Crippen LogP contribution in [0.3, 0.4) is 0 Å². The minimum atomic E-state index is 0.177. The zero-order valence-electron chi connectivity index (χ0n) is 27.8. The number of benzene rings is 7. The molecule has 3 heterocycles. The SMILES string of the molecule is C1=C2c3ccc4sc5ccccc5c4c3N(c3ccccc3)C2Cc2c1c1ccccc1n2-c1cccc(-c2ccc(-c3ccccc3)cc2)c1. The number of anilines is 2. The molecule has 0 N–H and O–H groups in total. The van der Waals surface area contributed by atoms with Crippen molar-refractivity contribution in [2.45, 2.75) is 12.5 Å². The van der Waals surface area contributed by atoms with Gasteiger partial charge in [-0.1, -0.05) is 127 Å². The van der Waals surface area contributed by atoms with Crippen molar-refractivity contribution in [3.63, 3.8) is 0 Å². The van der Waals surface area contributed by atoms with Gasteiger partial charge in [0.25, 0.3) is 0 Å². The van der Waals surface area contributed by atoms with Crippen molar-refractivity contribution in [1.29, 1.82) is 0 Å². The van der Waals surface area contributed by atoms with Crippen LogP contribution in [-0.4, -0.2) is 10.6 Å². The highest BCUT2D eigenvalue weighted by Crippen LogP contribution is 2.55. The molecule has 2 aromatic heterocycles. The molecule has 7 aromatic carbocycles.